The number of furan rings is 1. The number of nitrogens with zero attached hydrogens (tertiary/aromatic N) is 1. The number of para-hydroxylation sites is 1. The monoisotopic (exact) mass is 290 g/mol. The molecule has 0 saturated heterocycles. The number of hydrogen-bond acceptors (Lipinski definition) is 5. The third kappa shape index (κ3) is 3.21. The predicted molar refractivity (Wildman–Crippen MR) is 78.3 cm³/mol. The molecule has 0 atom stereocenters. The highest BCUT2D eigenvalue weighted by atomic mass is 16.3. The van der Waals surface area contributed by atoms with E-state index in [1.165, 1.54) is 0 Å². The summed E-state index contributed by atoms with van der Waals surface area (Å²) in [5, 5.41) is 3.39. The van der Waals surface area contributed by atoms with Gasteiger partial charge in [-0.15, -0.1) is 0 Å². The van der Waals surface area contributed by atoms with Gasteiger partial charge >= 0.3 is 5.91 Å². The minimum atomic E-state index is -0.491. The van der Waals surface area contributed by atoms with Crippen LogP contribution in [-0.2, 0) is 11.3 Å². The second-order valence-corrected chi connectivity index (χ2v) is 4.72. The van der Waals surface area contributed by atoms with Crippen LogP contribution in [0.2, 0.25) is 0 Å². The first-order valence-corrected chi connectivity index (χ1v) is 6.47. The molecule has 1 heterocycles. The fourth-order valence-corrected chi connectivity index (χ4v) is 2.15. The van der Waals surface area contributed by atoms with Crippen LogP contribution in [0.15, 0.2) is 28.7 Å². The summed E-state index contributed by atoms with van der Waals surface area (Å²) in [5.41, 5.74) is 3.40. The van der Waals surface area contributed by atoms with Crippen molar-refractivity contribution in [1.82, 2.24) is 15.6 Å². The molecule has 0 aliphatic heterocycles. The van der Waals surface area contributed by atoms with Crippen LogP contribution in [0.4, 0.5) is 0 Å². The Morgan fingerprint density at radius 1 is 1.33 bits per heavy atom. The van der Waals surface area contributed by atoms with Crippen molar-refractivity contribution in [3.8, 4) is 0 Å². The number of carbonyl (C=O) groups excluding carboxylic acids is 2. The second-order valence-electron chi connectivity index (χ2n) is 4.72. The van der Waals surface area contributed by atoms with Gasteiger partial charge < -0.3 is 9.73 Å². The Morgan fingerprint density at radius 3 is 2.71 bits per heavy atom. The van der Waals surface area contributed by atoms with E-state index in [0.717, 1.165) is 5.39 Å². The molecule has 4 N–H and O–H groups in total. The molecule has 0 spiro atoms. The number of rotatable bonds is 5. The van der Waals surface area contributed by atoms with Crippen molar-refractivity contribution in [3.05, 3.63) is 35.6 Å². The Kier molecular flexibility index (Phi) is 4.56. The minimum Gasteiger partial charge on any atom is -0.451 e. The van der Waals surface area contributed by atoms with Gasteiger partial charge in [0.1, 0.15) is 5.58 Å². The lowest BCUT2D eigenvalue weighted by molar-refractivity contribution is -0.121. The van der Waals surface area contributed by atoms with Crippen molar-refractivity contribution >= 4 is 22.8 Å². The van der Waals surface area contributed by atoms with Crippen molar-refractivity contribution in [1.29, 1.82) is 0 Å². The molecule has 0 saturated carbocycles. The molecule has 21 heavy (non-hydrogen) atoms. The molecule has 7 heteroatoms. The summed E-state index contributed by atoms with van der Waals surface area (Å²) >= 11 is 0. The van der Waals surface area contributed by atoms with Gasteiger partial charge in [0.15, 0.2) is 5.76 Å². The second kappa shape index (κ2) is 6.38. The number of nitrogens with two attached hydrogens (primary N) is 1. The highest BCUT2D eigenvalue weighted by Crippen LogP contribution is 2.26. The molecule has 0 radical (unpaired) electrons. The average Bonchev–Trinajstić information content (AvgIpc) is 2.85. The first-order chi connectivity index (χ1) is 10.1. The summed E-state index contributed by atoms with van der Waals surface area (Å²) < 4.78 is 5.56. The highest BCUT2D eigenvalue weighted by molar-refractivity contribution is 5.98. The van der Waals surface area contributed by atoms with Gasteiger partial charge in [-0.25, -0.2) is 5.84 Å². The van der Waals surface area contributed by atoms with Gasteiger partial charge in [-0.05, 0) is 13.1 Å². The van der Waals surface area contributed by atoms with Gasteiger partial charge in [-0.3, -0.25) is 19.9 Å². The summed E-state index contributed by atoms with van der Waals surface area (Å²) in [7, 11) is 3.37. The number of amides is 2. The molecule has 112 valence electrons. The van der Waals surface area contributed by atoms with Crippen molar-refractivity contribution in [2.24, 2.45) is 5.84 Å². The fourth-order valence-electron chi connectivity index (χ4n) is 2.15. The molecule has 0 bridgehead atoms. The average molecular weight is 290 g/mol. The number of hydrogen-bond donors (Lipinski definition) is 3. The van der Waals surface area contributed by atoms with Crippen LogP contribution < -0.4 is 16.6 Å². The maximum Gasteiger partial charge on any atom is 0.301 e. The SMILES string of the molecule is CNC(=O)CN(C)Cc1c(C(=O)NN)oc2ccccc12. The molecule has 0 fully saturated rings. The van der Waals surface area contributed by atoms with Gasteiger partial charge in [0.2, 0.25) is 5.91 Å². The molecule has 2 rings (SSSR count). The molecule has 0 aliphatic carbocycles. The van der Waals surface area contributed by atoms with Crippen LogP contribution in [0.25, 0.3) is 11.0 Å². The van der Waals surface area contributed by atoms with E-state index in [0.29, 0.717) is 17.7 Å². The standard InChI is InChI=1S/C14H18N4O3/c1-16-12(19)8-18(2)7-10-9-5-3-4-6-11(9)21-13(10)14(20)17-15/h3-6H,7-8,15H2,1-2H3,(H,16,19)(H,17,20). The van der Waals surface area contributed by atoms with E-state index in [1.807, 2.05) is 18.2 Å². The summed E-state index contributed by atoms with van der Waals surface area (Å²) in [4.78, 5) is 25.0. The van der Waals surface area contributed by atoms with Gasteiger partial charge in [0.05, 0.1) is 6.54 Å². The zero-order valence-electron chi connectivity index (χ0n) is 12.0. The Hall–Kier alpha value is -2.38. The van der Waals surface area contributed by atoms with Crippen LogP contribution in [0.5, 0.6) is 0 Å². The van der Waals surface area contributed by atoms with Crippen LogP contribution in [0.3, 0.4) is 0 Å². The van der Waals surface area contributed by atoms with Gasteiger partial charge in [-0.2, -0.15) is 0 Å². The van der Waals surface area contributed by atoms with E-state index in [1.54, 1.807) is 25.1 Å². The smallest absolute Gasteiger partial charge is 0.301 e. The lowest BCUT2D eigenvalue weighted by Crippen LogP contribution is -2.34. The predicted octanol–water partition coefficient (Wildman–Crippen LogP) is 0.214. The molecule has 0 unspecified atom stereocenters. The largest absolute Gasteiger partial charge is 0.451 e. The molecule has 0 aliphatic rings. The lowest BCUT2D eigenvalue weighted by atomic mass is 10.1. The number of fused-ring (bicyclic) bond motifs is 1. The first kappa shape index (κ1) is 15.0. The van der Waals surface area contributed by atoms with E-state index < -0.39 is 5.91 Å². The number of likely N-dealkylation sites (N-methyl/N-ethyl adjacent to an activating group) is 2. The van der Waals surface area contributed by atoms with E-state index in [9.17, 15) is 9.59 Å². The molecule has 1 aromatic carbocycles. The minimum absolute atomic E-state index is 0.102. The number of benzene rings is 1. The molecule has 2 aromatic rings. The summed E-state index contributed by atoms with van der Waals surface area (Å²) in [6.07, 6.45) is 0. The molecular formula is C14H18N4O3. The normalized spacial score (nSPS) is 10.9. The molecule has 7 nitrogen and oxygen atoms in total. The fraction of sp³-hybridized carbons (Fsp3) is 0.286. The lowest BCUT2D eigenvalue weighted by Gasteiger charge is -2.15. The van der Waals surface area contributed by atoms with Crippen molar-refractivity contribution in [3.63, 3.8) is 0 Å². The van der Waals surface area contributed by atoms with Crippen molar-refractivity contribution in [2.75, 3.05) is 20.6 Å². The van der Waals surface area contributed by atoms with E-state index in [2.05, 4.69) is 10.7 Å². The van der Waals surface area contributed by atoms with Crippen LogP contribution in [-0.4, -0.2) is 37.4 Å². The van der Waals surface area contributed by atoms with Crippen LogP contribution in [0.1, 0.15) is 16.1 Å². The van der Waals surface area contributed by atoms with Gasteiger partial charge in [-0.1, -0.05) is 18.2 Å². The van der Waals surface area contributed by atoms with E-state index in [-0.39, 0.29) is 18.2 Å². The third-order valence-electron chi connectivity index (χ3n) is 3.16. The van der Waals surface area contributed by atoms with E-state index >= 15 is 0 Å². The van der Waals surface area contributed by atoms with Crippen molar-refractivity contribution < 1.29 is 14.0 Å². The number of carbonyl (C=O) groups is 2. The summed E-state index contributed by atoms with van der Waals surface area (Å²) in [6, 6.07) is 7.35. The van der Waals surface area contributed by atoms with Gasteiger partial charge in [0.25, 0.3) is 0 Å². The third-order valence-corrected chi connectivity index (χ3v) is 3.16. The van der Waals surface area contributed by atoms with E-state index in [4.69, 9.17) is 10.3 Å². The maximum absolute atomic E-state index is 11.8. The molecular weight excluding hydrogens is 272 g/mol. The highest BCUT2D eigenvalue weighted by Gasteiger charge is 2.21. The molecule has 2 amide bonds. The number of nitrogens with one attached hydrogen (secondary N) is 2. The van der Waals surface area contributed by atoms with Gasteiger partial charge in [0, 0.05) is 24.5 Å². The Labute approximate surface area is 122 Å². The zero-order chi connectivity index (χ0) is 15.4. The topological polar surface area (TPSA) is 101 Å². The maximum atomic E-state index is 11.8. The number of nitrogen functional groups attached to an aromatic ring is 1. The van der Waals surface area contributed by atoms with Crippen LogP contribution in [0, 0.1) is 0 Å². The zero-order valence-corrected chi connectivity index (χ0v) is 12.0. The number of hydrazine groups is 1. The Bertz CT molecular complexity index is 665. The quantitative estimate of drug-likeness (QED) is 0.415. The molecule has 1 aromatic heterocycles. The Balaban J connectivity index is 2.36. The van der Waals surface area contributed by atoms with Crippen molar-refractivity contribution in [2.45, 2.75) is 6.54 Å². The van der Waals surface area contributed by atoms with Crippen LogP contribution >= 0.6 is 0 Å². The summed E-state index contributed by atoms with van der Waals surface area (Å²) in [6.45, 7) is 0.618. The Morgan fingerprint density at radius 2 is 2.05 bits per heavy atom. The summed E-state index contributed by atoms with van der Waals surface area (Å²) in [5.74, 6) is 4.77. The first-order valence-electron chi connectivity index (χ1n) is 6.47.